The van der Waals surface area contributed by atoms with Crippen LogP contribution < -0.4 is 10.6 Å². The summed E-state index contributed by atoms with van der Waals surface area (Å²) in [7, 11) is 1.67. The first kappa shape index (κ1) is 21.4. The molecule has 31 heavy (non-hydrogen) atoms. The van der Waals surface area contributed by atoms with E-state index in [-0.39, 0.29) is 18.0 Å². The zero-order valence-electron chi connectivity index (χ0n) is 18.1. The van der Waals surface area contributed by atoms with Crippen LogP contribution >= 0.6 is 0 Å². The number of hydrogen-bond acceptors (Lipinski definition) is 4. The van der Waals surface area contributed by atoms with Crippen LogP contribution in [0.1, 0.15) is 71.0 Å². The first-order chi connectivity index (χ1) is 15.2. The molecule has 4 rings (SSSR count). The average molecular weight is 422 g/mol. The zero-order valence-corrected chi connectivity index (χ0v) is 18.1. The van der Waals surface area contributed by atoms with Gasteiger partial charge in [0, 0.05) is 48.7 Å². The van der Waals surface area contributed by atoms with Crippen molar-refractivity contribution < 1.29 is 14.3 Å². The second-order valence-corrected chi connectivity index (χ2v) is 8.36. The SMILES string of the molecule is COCCCN1C(=O)c2ccccc2[C@H]1Nc1ccc(C(=O)NC2CCCCC2)cc1. The van der Waals surface area contributed by atoms with Gasteiger partial charge in [0.1, 0.15) is 6.17 Å². The number of rotatable bonds is 8. The van der Waals surface area contributed by atoms with Gasteiger partial charge in [-0.05, 0) is 49.6 Å². The molecule has 1 saturated carbocycles. The summed E-state index contributed by atoms with van der Waals surface area (Å²) in [6.45, 7) is 1.22. The molecule has 2 aliphatic rings. The first-order valence-electron chi connectivity index (χ1n) is 11.2. The van der Waals surface area contributed by atoms with Crippen LogP contribution in [0.5, 0.6) is 0 Å². The molecule has 6 nitrogen and oxygen atoms in total. The predicted molar refractivity (Wildman–Crippen MR) is 121 cm³/mol. The highest BCUT2D eigenvalue weighted by molar-refractivity contribution is 5.99. The fourth-order valence-electron chi connectivity index (χ4n) is 4.53. The number of nitrogens with zero attached hydrogens (tertiary/aromatic N) is 1. The van der Waals surface area contributed by atoms with Crippen molar-refractivity contribution in [3.05, 3.63) is 65.2 Å². The van der Waals surface area contributed by atoms with Gasteiger partial charge in [0.2, 0.25) is 0 Å². The highest BCUT2D eigenvalue weighted by Crippen LogP contribution is 2.34. The molecule has 1 atom stereocenters. The zero-order chi connectivity index (χ0) is 21.6. The van der Waals surface area contributed by atoms with Gasteiger partial charge in [-0.15, -0.1) is 0 Å². The van der Waals surface area contributed by atoms with Gasteiger partial charge in [-0.25, -0.2) is 0 Å². The number of benzene rings is 2. The maximum atomic E-state index is 12.9. The van der Waals surface area contributed by atoms with Crippen molar-refractivity contribution in [1.29, 1.82) is 0 Å². The Labute approximate surface area is 184 Å². The number of fused-ring (bicyclic) bond motifs is 1. The topological polar surface area (TPSA) is 70.7 Å². The largest absolute Gasteiger partial charge is 0.385 e. The van der Waals surface area contributed by atoms with Gasteiger partial charge in [-0.3, -0.25) is 9.59 Å². The van der Waals surface area contributed by atoms with E-state index in [1.165, 1.54) is 19.3 Å². The third-order valence-corrected chi connectivity index (χ3v) is 6.20. The molecule has 0 spiro atoms. The fourth-order valence-corrected chi connectivity index (χ4v) is 4.53. The summed E-state index contributed by atoms with van der Waals surface area (Å²) in [5.74, 6) is 0.0220. The summed E-state index contributed by atoms with van der Waals surface area (Å²) in [5.41, 5.74) is 3.25. The second-order valence-electron chi connectivity index (χ2n) is 8.36. The van der Waals surface area contributed by atoms with E-state index in [1.807, 2.05) is 53.4 Å². The van der Waals surface area contributed by atoms with E-state index in [0.717, 1.165) is 36.1 Å². The Bertz CT molecular complexity index is 906. The maximum absolute atomic E-state index is 12.9. The smallest absolute Gasteiger partial charge is 0.256 e. The maximum Gasteiger partial charge on any atom is 0.256 e. The quantitative estimate of drug-likeness (QED) is 0.622. The minimum absolute atomic E-state index is 0.0129. The van der Waals surface area contributed by atoms with Crippen molar-refractivity contribution in [1.82, 2.24) is 10.2 Å². The summed E-state index contributed by atoms with van der Waals surface area (Å²) in [6.07, 6.45) is 6.32. The highest BCUT2D eigenvalue weighted by atomic mass is 16.5. The van der Waals surface area contributed by atoms with Gasteiger partial charge in [0.15, 0.2) is 0 Å². The van der Waals surface area contributed by atoms with Crippen LogP contribution in [-0.2, 0) is 4.74 Å². The van der Waals surface area contributed by atoms with Crippen molar-refractivity contribution in [3.63, 3.8) is 0 Å². The minimum atomic E-state index is -0.234. The van der Waals surface area contributed by atoms with Crippen molar-refractivity contribution in [2.75, 3.05) is 25.6 Å². The van der Waals surface area contributed by atoms with Crippen molar-refractivity contribution in [3.8, 4) is 0 Å². The van der Waals surface area contributed by atoms with Crippen LogP contribution in [0.15, 0.2) is 48.5 Å². The Morgan fingerprint density at radius 2 is 1.81 bits per heavy atom. The summed E-state index contributed by atoms with van der Waals surface area (Å²) in [5, 5.41) is 6.64. The van der Waals surface area contributed by atoms with Crippen LogP contribution in [0.2, 0.25) is 0 Å². The Morgan fingerprint density at radius 1 is 1.06 bits per heavy atom. The lowest BCUT2D eigenvalue weighted by Crippen LogP contribution is -2.36. The Hall–Kier alpha value is -2.86. The van der Waals surface area contributed by atoms with Crippen molar-refractivity contribution >= 4 is 17.5 Å². The summed E-state index contributed by atoms with van der Waals surface area (Å²) >= 11 is 0. The number of anilines is 1. The van der Waals surface area contributed by atoms with Gasteiger partial charge in [0.05, 0.1) is 0 Å². The van der Waals surface area contributed by atoms with E-state index < -0.39 is 0 Å². The van der Waals surface area contributed by atoms with Crippen LogP contribution in [0.25, 0.3) is 0 Å². The van der Waals surface area contributed by atoms with Gasteiger partial charge < -0.3 is 20.3 Å². The first-order valence-corrected chi connectivity index (χ1v) is 11.2. The number of hydrogen-bond donors (Lipinski definition) is 2. The molecule has 6 heteroatoms. The Kier molecular flexibility index (Phi) is 6.87. The molecule has 0 saturated heterocycles. The molecule has 0 bridgehead atoms. The summed E-state index contributed by atoms with van der Waals surface area (Å²) in [4.78, 5) is 27.3. The molecule has 2 aromatic rings. The lowest BCUT2D eigenvalue weighted by Gasteiger charge is -2.27. The summed E-state index contributed by atoms with van der Waals surface area (Å²) in [6, 6.07) is 15.5. The van der Waals surface area contributed by atoms with E-state index in [0.29, 0.717) is 24.8 Å². The Balaban J connectivity index is 1.45. The molecular formula is C25H31N3O3. The predicted octanol–water partition coefficient (Wildman–Crippen LogP) is 4.35. The lowest BCUT2D eigenvalue weighted by atomic mass is 9.95. The molecule has 0 aromatic heterocycles. The molecule has 164 valence electrons. The fraction of sp³-hybridized carbons (Fsp3) is 0.440. The normalized spacial score (nSPS) is 18.7. The van der Waals surface area contributed by atoms with Crippen LogP contribution in [-0.4, -0.2) is 43.0 Å². The van der Waals surface area contributed by atoms with Crippen LogP contribution in [0, 0.1) is 0 Å². The standard InChI is InChI=1S/C25H31N3O3/c1-31-17-7-16-28-23(21-10-5-6-11-22(21)25(28)30)26-20-14-12-18(13-15-20)24(29)27-19-8-3-2-4-9-19/h5-6,10-15,19,23,26H,2-4,7-9,16-17H2,1H3,(H,27,29)/t23-/m0/s1. The van der Waals surface area contributed by atoms with E-state index in [1.54, 1.807) is 7.11 Å². The van der Waals surface area contributed by atoms with Crippen LogP contribution in [0.4, 0.5) is 5.69 Å². The van der Waals surface area contributed by atoms with Gasteiger partial charge in [0.25, 0.3) is 11.8 Å². The molecule has 0 unspecified atom stereocenters. The molecule has 1 fully saturated rings. The monoisotopic (exact) mass is 421 g/mol. The number of carbonyl (C=O) groups is 2. The second kappa shape index (κ2) is 9.96. The third-order valence-electron chi connectivity index (χ3n) is 6.20. The van der Waals surface area contributed by atoms with E-state index in [4.69, 9.17) is 4.74 Å². The molecular weight excluding hydrogens is 390 g/mol. The number of nitrogens with one attached hydrogen (secondary N) is 2. The molecule has 1 aliphatic carbocycles. The Morgan fingerprint density at radius 3 is 2.55 bits per heavy atom. The highest BCUT2D eigenvalue weighted by Gasteiger charge is 2.36. The number of ether oxygens (including phenoxy) is 1. The molecule has 0 radical (unpaired) electrons. The van der Waals surface area contributed by atoms with E-state index in [9.17, 15) is 9.59 Å². The molecule has 2 aromatic carbocycles. The number of amides is 2. The number of methoxy groups -OCH3 is 1. The molecule has 2 N–H and O–H groups in total. The molecule has 1 heterocycles. The van der Waals surface area contributed by atoms with Gasteiger partial charge in [-0.1, -0.05) is 37.5 Å². The average Bonchev–Trinajstić information content (AvgIpc) is 3.06. The van der Waals surface area contributed by atoms with Gasteiger partial charge in [-0.2, -0.15) is 0 Å². The van der Waals surface area contributed by atoms with E-state index >= 15 is 0 Å². The minimum Gasteiger partial charge on any atom is -0.385 e. The summed E-state index contributed by atoms with van der Waals surface area (Å²) < 4.78 is 5.16. The van der Waals surface area contributed by atoms with E-state index in [2.05, 4.69) is 10.6 Å². The van der Waals surface area contributed by atoms with Crippen molar-refractivity contribution in [2.45, 2.75) is 50.7 Å². The van der Waals surface area contributed by atoms with Crippen molar-refractivity contribution in [2.24, 2.45) is 0 Å². The molecule has 1 aliphatic heterocycles. The third kappa shape index (κ3) is 4.90. The lowest BCUT2D eigenvalue weighted by molar-refractivity contribution is 0.0721. The number of carbonyl (C=O) groups excluding carboxylic acids is 2. The molecule has 2 amide bonds. The van der Waals surface area contributed by atoms with Gasteiger partial charge >= 0.3 is 0 Å². The van der Waals surface area contributed by atoms with Crippen LogP contribution in [0.3, 0.4) is 0 Å².